The molecule has 2 amide bonds. The molecule has 0 saturated heterocycles. The molecule has 0 atom stereocenters. The third kappa shape index (κ3) is 4.66. The molecule has 2 aromatic carbocycles. The van der Waals surface area contributed by atoms with Crippen molar-refractivity contribution in [1.29, 1.82) is 0 Å². The fraction of sp³-hybridized carbons (Fsp3) is 0.118. The Morgan fingerprint density at radius 2 is 1.88 bits per heavy atom. The molecule has 7 heteroatoms. The van der Waals surface area contributed by atoms with Crippen LogP contribution in [-0.2, 0) is 9.59 Å². The van der Waals surface area contributed by atoms with E-state index in [0.29, 0.717) is 11.3 Å². The SMILES string of the molecule is Cc1ccc(NC(=O)C(=O)N/N=C\c2cc(Br)ccc2O)c(C)c1. The minimum atomic E-state index is -0.902. The van der Waals surface area contributed by atoms with Crippen molar-refractivity contribution in [2.45, 2.75) is 13.8 Å². The fourth-order valence-electron chi connectivity index (χ4n) is 1.97. The number of carbonyl (C=O) groups excluding carboxylic acids is 2. The Morgan fingerprint density at radius 3 is 2.58 bits per heavy atom. The van der Waals surface area contributed by atoms with Crippen molar-refractivity contribution < 1.29 is 14.7 Å². The topological polar surface area (TPSA) is 90.8 Å². The Bertz CT molecular complexity index is 819. The molecule has 3 N–H and O–H groups in total. The third-order valence-corrected chi connectivity index (χ3v) is 3.69. The zero-order valence-corrected chi connectivity index (χ0v) is 14.7. The molecule has 0 heterocycles. The van der Waals surface area contributed by atoms with E-state index in [-0.39, 0.29) is 5.75 Å². The molecule has 124 valence electrons. The first kappa shape index (κ1) is 17.7. The fourth-order valence-corrected chi connectivity index (χ4v) is 2.35. The smallest absolute Gasteiger partial charge is 0.329 e. The highest BCUT2D eigenvalue weighted by atomic mass is 79.9. The Hall–Kier alpha value is -2.67. The number of carbonyl (C=O) groups is 2. The molecular weight excluding hydrogens is 374 g/mol. The number of hydrogen-bond acceptors (Lipinski definition) is 4. The van der Waals surface area contributed by atoms with E-state index in [1.807, 2.05) is 26.0 Å². The highest BCUT2D eigenvalue weighted by Crippen LogP contribution is 2.20. The van der Waals surface area contributed by atoms with Crippen molar-refractivity contribution in [2.75, 3.05) is 5.32 Å². The summed E-state index contributed by atoms with van der Waals surface area (Å²) in [6.45, 7) is 3.78. The molecule has 0 aliphatic rings. The summed E-state index contributed by atoms with van der Waals surface area (Å²) in [6, 6.07) is 10.3. The van der Waals surface area contributed by atoms with Gasteiger partial charge in [-0.15, -0.1) is 0 Å². The Balaban J connectivity index is 1.97. The van der Waals surface area contributed by atoms with Gasteiger partial charge in [-0.05, 0) is 43.7 Å². The number of hydrogen-bond donors (Lipinski definition) is 3. The quantitative estimate of drug-likeness (QED) is 0.428. The van der Waals surface area contributed by atoms with Gasteiger partial charge in [0.1, 0.15) is 5.75 Å². The first-order chi connectivity index (χ1) is 11.4. The monoisotopic (exact) mass is 389 g/mol. The number of aromatic hydroxyl groups is 1. The van der Waals surface area contributed by atoms with Crippen LogP contribution in [0.5, 0.6) is 5.75 Å². The second kappa shape index (κ2) is 7.74. The average molecular weight is 390 g/mol. The Kier molecular flexibility index (Phi) is 5.70. The molecule has 6 nitrogen and oxygen atoms in total. The van der Waals surface area contributed by atoms with Crippen LogP contribution in [0.4, 0.5) is 5.69 Å². The predicted molar refractivity (Wildman–Crippen MR) is 96.1 cm³/mol. The zero-order chi connectivity index (χ0) is 17.7. The number of amides is 2. The van der Waals surface area contributed by atoms with Gasteiger partial charge >= 0.3 is 11.8 Å². The van der Waals surface area contributed by atoms with Crippen LogP contribution >= 0.6 is 15.9 Å². The summed E-state index contributed by atoms with van der Waals surface area (Å²) in [5, 5.41) is 15.9. The number of hydrazone groups is 1. The van der Waals surface area contributed by atoms with Crippen molar-refractivity contribution in [3.05, 3.63) is 57.6 Å². The number of anilines is 1. The largest absolute Gasteiger partial charge is 0.507 e. The number of rotatable bonds is 3. The van der Waals surface area contributed by atoms with Crippen LogP contribution in [0.15, 0.2) is 46.0 Å². The van der Waals surface area contributed by atoms with Gasteiger partial charge in [0.2, 0.25) is 0 Å². The van der Waals surface area contributed by atoms with Crippen molar-refractivity contribution in [2.24, 2.45) is 5.10 Å². The first-order valence-corrected chi connectivity index (χ1v) is 7.86. The molecule has 0 aliphatic carbocycles. The molecule has 0 radical (unpaired) electrons. The van der Waals surface area contributed by atoms with Gasteiger partial charge < -0.3 is 10.4 Å². The van der Waals surface area contributed by atoms with Crippen molar-refractivity contribution in [3.63, 3.8) is 0 Å². The van der Waals surface area contributed by atoms with Gasteiger partial charge in [0, 0.05) is 15.7 Å². The molecule has 24 heavy (non-hydrogen) atoms. The molecule has 0 saturated carbocycles. The normalized spacial score (nSPS) is 10.6. The molecule has 2 rings (SSSR count). The minimum Gasteiger partial charge on any atom is -0.507 e. The highest BCUT2D eigenvalue weighted by Gasteiger charge is 2.14. The molecular formula is C17H16BrN3O3. The maximum Gasteiger partial charge on any atom is 0.329 e. The van der Waals surface area contributed by atoms with Gasteiger partial charge in [-0.25, -0.2) is 5.43 Å². The van der Waals surface area contributed by atoms with Gasteiger partial charge in [-0.1, -0.05) is 33.6 Å². The van der Waals surface area contributed by atoms with Gasteiger partial charge in [0.05, 0.1) is 6.21 Å². The predicted octanol–water partition coefficient (Wildman–Crippen LogP) is 2.86. The highest BCUT2D eigenvalue weighted by molar-refractivity contribution is 9.10. The molecule has 0 fully saturated rings. The molecule has 0 aliphatic heterocycles. The molecule has 0 bridgehead atoms. The second-order valence-electron chi connectivity index (χ2n) is 5.17. The van der Waals surface area contributed by atoms with E-state index >= 15 is 0 Å². The van der Waals surface area contributed by atoms with Crippen molar-refractivity contribution in [1.82, 2.24) is 5.43 Å². The van der Waals surface area contributed by atoms with Crippen LogP contribution in [0.25, 0.3) is 0 Å². The van der Waals surface area contributed by atoms with E-state index in [0.717, 1.165) is 15.6 Å². The number of halogens is 1. The Morgan fingerprint density at radius 1 is 1.12 bits per heavy atom. The molecule has 0 unspecified atom stereocenters. The number of benzene rings is 2. The Labute approximate surface area is 147 Å². The third-order valence-electron chi connectivity index (χ3n) is 3.20. The molecule has 0 spiro atoms. The number of phenolic OH excluding ortho intramolecular Hbond substituents is 1. The summed E-state index contributed by atoms with van der Waals surface area (Å²) in [4.78, 5) is 23.6. The summed E-state index contributed by atoms with van der Waals surface area (Å²) < 4.78 is 0.751. The van der Waals surface area contributed by atoms with E-state index in [1.54, 1.807) is 18.2 Å². The summed E-state index contributed by atoms with van der Waals surface area (Å²) in [6.07, 6.45) is 1.25. The van der Waals surface area contributed by atoms with Gasteiger partial charge in [0.25, 0.3) is 0 Å². The van der Waals surface area contributed by atoms with Crippen LogP contribution in [0, 0.1) is 13.8 Å². The zero-order valence-electron chi connectivity index (χ0n) is 13.1. The van der Waals surface area contributed by atoms with Crippen LogP contribution in [-0.4, -0.2) is 23.1 Å². The lowest BCUT2D eigenvalue weighted by Crippen LogP contribution is -2.32. The number of aryl methyl sites for hydroxylation is 2. The summed E-state index contributed by atoms with van der Waals surface area (Å²) >= 11 is 3.26. The van der Waals surface area contributed by atoms with Gasteiger partial charge in [-0.2, -0.15) is 5.10 Å². The van der Waals surface area contributed by atoms with E-state index in [1.165, 1.54) is 12.3 Å². The van der Waals surface area contributed by atoms with Crippen LogP contribution < -0.4 is 10.7 Å². The van der Waals surface area contributed by atoms with E-state index in [9.17, 15) is 14.7 Å². The number of nitrogens with one attached hydrogen (secondary N) is 2. The molecule has 2 aromatic rings. The average Bonchev–Trinajstić information content (AvgIpc) is 2.53. The van der Waals surface area contributed by atoms with Crippen molar-refractivity contribution >= 4 is 39.6 Å². The minimum absolute atomic E-state index is 0.0101. The maximum atomic E-state index is 11.9. The summed E-state index contributed by atoms with van der Waals surface area (Å²) in [5.41, 5.74) is 5.01. The van der Waals surface area contributed by atoms with Crippen LogP contribution in [0.1, 0.15) is 16.7 Å². The summed E-state index contributed by atoms with van der Waals surface area (Å²) in [5.74, 6) is -1.71. The lowest BCUT2D eigenvalue weighted by molar-refractivity contribution is -0.136. The van der Waals surface area contributed by atoms with E-state index in [2.05, 4.69) is 31.8 Å². The maximum absolute atomic E-state index is 11.9. The number of nitrogens with zero attached hydrogens (tertiary/aromatic N) is 1. The second-order valence-corrected chi connectivity index (χ2v) is 6.09. The van der Waals surface area contributed by atoms with Crippen LogP contribution in [0.2, 0.25) is 0 Å². The lowest BCUT2D eigenvalue weighted by Gasteiger charge is -2.08. The van der Waals surface area contributed by atoms with Gasteiger partial charge in [0.15, 0.2) is 0 Å². The first-order valence-electron chi connectivity index (χ1n) is 7.07. The van der Waals surface area contributed by atoms with Crippen LogP contribution in [0.3, 0.4) is 0 Å². The summed E-state index contributed by atoms with van der Waals surface area (Å²) in [7, 11) is 0. The standard InChI is InChI=1S/C17H16BrN3O3/c1-10-3-5-14(11(2)7-10)20-16(23)17(24)21-19-9-12-8-13(18)4-6-15(12)22/h3-9,22H,1-2H3,(H,20,23)(H,21,24)/b19-9-. The van der Waals surface area contributed by atoms with Gasteiger partial charge in [-0.3, -0.25) is 9.59 Å². The van der Waals surface area contributed by atoms with E-state index in [4.69, 9.17) is 0 Å². The van der Waals surface area contributed by atoms with Crippen molar-refractivity contribution in [3.8, 4) is 5.75 Å². The lowest BCUT2D eigenvalue weighted by atomic mass is 10.1. The molecule has 0 aromatic heterocycles. The number of phenols is 1. The van der Waals surface area contributed by atoms with E-state index < -0.39 is 11.8 Å².